The minimum Gasteiger partial charge on any atom is -0.485 e. The van der Waals surface area contributed by atoms with Gasteiger partial charge in [0.1, 0.15) is 11.6 Å². The maximum absolute atomic E-state index is 13.1. The van der Waals surface area contributed by atoms with Gasteiger partial charge in [0.05, 0.1) is 4.47 Å². The summed E-state index contributed by atoms with van der Waals surface area (Å²) >= 11 is 3.08. The Bertz CT molecular complexity index is 653. The molecule has 20 heavy (non-hydrogen) atoms. The van der Waals surface area contributed by atoms with Gasteiger partial charge in [0.2, 0.25) is 0 Å². The minimum atomic E-state index is -0.363. The number of hydrogen-bond acceptors (Lipinski definition) is 2. The fourth-order valence-corrected chi connectivity index (χ4v) is 2.07. The number of ketones is 1. The Morgan fingerprint density at radius 3 is 2.55 bits per heavy atom. The van der Waals surface area contributed by atoms with E-state index in [0.29, 0.717) is 15.8 Å². The van der Waals surface area contributed by atoms with Gasteiger partial charge in [-0.25, -0.2) is 4.39 Å². The van der Waals surface area contributed by atoms with Crippen LogP contribution < -0.4 is 4.74 Å². The first-order chi connectivity index (χ1) is 9.47. The lowest BCUT2D eigenvalue weighted by molar-refractivity contribution is 0.0921. The molecule has 0 saturated heterocycles. The summed E-state index contributed by atoms with van der Waals surface area (Å²) in [7, 11) is 0. The van der Waals surface area contributed by atoms with Gasteiger partial charge in [0, 0.05) is 5.56 Å². The van der Waals surface area contributed by atoms with Crippen LogP contribution in [0.2, 0.25) is 0 Å². The van der Waals surface area contributed by atoms with Gasteiger partial charge in [-0.05, 0) is 65.2 Å². The van der Waals surface area contributed by atoms with E-state index >= 15 is 0 Å². The molecule has 2 nitrogen and oxygen atoms in total. The number of ether oxygens (including phenoxy) is 1. The van der Waals surface area contributed by atoms with Gasteiger partial charge in [0.25, 0.3) is 0 Å². The molecule has 104 valence electrons. The summed E-state index contributed by atoms with van der Waals surface area (Å²) in [5, 5.41) is 0. The van der Waals surface area contributed by atoms with Gasteiger partial charge < -0.3 is 4.74 Å². The molecule has 4 heteroatoms. The van der Waals surface area contributed by atoms with Gasteiger partial charge in [-0.2, -0.15) is 0 Å². The van der Waals surface area contributed by atoms with Crippen LogP contribution >= 0.6 is 15.9 Å². The third kappa shape index (κ3) is 3.45. The topological polar surface area (TPSA) is 26.3 Å². The van der Waals surface area contributed by atoms with Crippen molar-refractivity contribution in [2.24, 2.45) is 0 Å². The Morgan fingerprint density at radius 1 is 1.15 bits per heavy atom. The fraction of sp³-hybridized carbons (Fsp3) is 0.188. The molecule has 0 saturated carbocycles. The lowest BCUT2D eigenvalue weighted by Crippen LogP contribution is -2.12. The largest absolute Gasteiger partial charge is 0.485 e. The quantitative estimate of drug-likeness (QED) is 0.770. The van der Waals surface area contributed by atoms with Crippen molar-refractivity contribution in [2.45, 2.75) is 13.8 Å². The molecular weight excluding hydrogens is 323 g/mol. The Labute approximate surface area is 125 Å². The molecule has 2 aromatic rings. The van der Waals surface area contributed by atoms with Gasteiger partial charge in [-0.15, -0.1) is 0 Å². The molecule has 0 aliphatic heterocycles. The Balaban J connectivity index is 2.04. The molecule has 0 aromatic heterocycles. The molecule has 0 heterocycles. The molecule has 0 bridgehead atoms. The average Bonchev–Trinajstić information content (AvgIpc) is 2.43. The lowest BCUT2D eigenvalue weighted by Gasteiger charge is -2.07. The van der Waals surface area contributed by atoms with Crippen LogP contribution in [-0.4, -0.2) is 12.4 Å². The molecule has 2 rings (SSSR count). The smallest absolute Gasteiger partial charge is 0.200 e. The van der Waals surface area contributed by atoms with E-state index in [1.807, 2.05) is 26.0 Å². The summed E-state index contributed by atoms with van der Waals surface area (Å²) in [4.78, 5) is 12.0. The van der Waals surface area contributed by atoms with Crippen LogP contribution in [0.1, 0.15) is 21.5 Å². The zero-order chi connectivity index (χ0) is 14.7. The highest BCUT2D eigenvalue weighted by Crippen LogP contribution is 2.22. The highest BCUT2D eigenvalue weighted by molar-refractivity contribution is 9.10. The zero-order valence-electron chi connectivity index (χ0n) is 11.2. The number of halogens is 2. The van der Waals surface area contributed by atoms with Crippen LogP contribution in [0, 0.1) is 19.7 Å². The van der Waals surface area contributed by atoms with E-state index in [1.54, 1.807) is 6.07 Å². The molecule has 0 aliphatic rings. The van der Waals surface area contributed by atoms with Gasteiger partial charge in [0.15, 0.2) is 12.4 Å². The summed E-state index contributed by atoms with van der Waals surface area (Å²) in [5.74, 6) is -0.0122. The summed E-state index contributed by atoms with van der Waals surface area (Å²) in [6, 6.07) is 9.84. The Hall–Kier alpha value is -1.68. The van der Waals surface area contributed by atoms with Gasteiger partial charge in [-0.1, -0.05) is 12.1 Å². The van der Waals surface area contributed by atoms with E-state index in [9.17, 15) is 9.18 Å². The third-order valence-electron chi connectivity index (χ3n) is 3.09. The predicted molar refractivity (Wildman–Crippen MR) is 79.8 cm³/mol. The molecule has 2 aromatic carbocycles. The number of rotatable bonds is 4. The summed E-state index contributed by atoms with van der Waals surface area (Å²) in [6.45, 7) is 3.89. The second-order valence-electron chi connectivity index (χ2n) is 4.59. The SMILES string of the molecule is Cc1ccc(C(=O)COc2ccc(F)c(Br)c2)cc1C. The number of carbonyl (C=O) groups excluding carboxylic acids is 1. The number of Topliss-reactive ketones (excluding diaryl/α,β-unsaturated/α-hetero) is 1. The molecule has 0 aliphatic carbocycles. The van der Waals surface area contributed by atoms with Crippen molar-refractivity contribution in [1.29, 1.82) is 0 Å². The molecule has 0 radical (unpaired) electrons. The molecule has 0 fully saturated rings. The van der Waals surface area contributed by atoms with Crippen LogP contribution in [0.25, 0.3) is 0 Å². The molecule has 0 atom stereocenters. The van der Waals surface area contributed by atoms with E-state index in [2.05, 4.69) is 15.9 Å². The lowest BCUT2D eigenvalue weighted by atomic mass is 10.0. The van der Waals surface area contributed by atoms with Gasteiger partial charge >= 0.3 is 0 Å². The number of hydrogen-bond donors (Lipinski definition) is 0. The van der Waals surface area contributed by atoms with E-state index in [0.717, 1.165) is 11.1 Å². The maximum Gasteiger partial charge on any atom is 0.200 e. The van der Waals surface area contributed by atoms with Crippen LogP contribution in [0.4, 0.5) is 4.39 Å². The predicted octanol–water partition coefficient (Wildman–Crippen LogP) is 4.47. The summed E-state index contributed by atoms with van der Waals surface area (Å²) in [5.41, 5.74) is 2.83. The molecular formula is C16H14BrFO2. The number of aryl methyl sites for hydroxylation is 2. The second-order valence-corrected chi connectivity index (χ2v) is 5.44. The van der Waals surface area contributed by atoms with Crippen LogP contribution in [0.3, 0.4) is 0 Å². The van der Waals surface area contributed by atoms with Crippen molar-refractivity contribution in [3.8, 4) is 5.75 Å². The minimum absolute atomic E-state index is 0.0689. The van der Waals surface area contributed by atoms with Crippen molar-refractivity contribution in [1.82, 2.24) is 0 Å². The highest BCUT2D eigenvalue weighted by atomic mass is 79.9. The van der Waals surface area contributed by atoms with E-state index < -0.39 is 0 Å². The average molecular weight is 337 g/mol. The van der Waals surface area contributed by atoms with Crippen molar-refractivity contribution < 1.29 is 13.9 Å². The third-order valence-corrected chi connectivity index (χ3v) is 3.70. The fourth-order valence-electron chi connectivity index (χ4n) is 1.71. The van der Waals surface area contributed by atoms with E-state index in [-0.39, 0.29) is 18.2 Å². The maximum atomic E-state index is 13.1. The van der Waals surface area contributed by atoms with Crippen LogP contribution in [0.5, 0.6) is 5.75 Å². The van der Waals surface area contributed by atoms with Crippen LogP contribution in [-0.2, 0) is 0 Å². The highest BCUT2D eigenvalue weighted by Gasteiger charge is 2.09. The van der Waals surface area contributed by atoms with Crippen molar-refractivity contribution in [2.75, 3.05) is 6.61 Å². The van der Waals surface area contributed by atoms with E-state index in [4.69, 9.17) is 4.74 Å². The van der Waals surface area contributed by atoms with Crippen molar-refractivity contribution in [3.05, 3.63) is 63.4 Å². The summed E-state index contributed by atoms with van der Waals surface area (Å²) < 4.78 is 18.8. The van der Waals surface area contributed by atoms with Crippen LogP contribution in [0.15, 0.2) is 40.9 Å². The first kappa shape index (κ1) is 14.7. The van der Waals surface area contributed by atoms with E-state index in [1.165, 1.54) is 18.2 Å². The monoisotopic (exact) mass is 336 g/mol. The zero-order valence-corrected chi connectivity index (χ0v) is 12.8. The van der Waals surface area contributed by atoms with Crippen molar-refractivity contribution >= 4 is 21.7 Å². The van der Waals surface area contributed by atoms with Gasteiger partial charge in [-0.3, -0.25) is 4.79 Å². The standard InChI is InChI=1S/C16H14BrFO2/c1-10-3-4-12(7-11(10)2)16(19)9-20-13-5-6-15(18)14(17)8-13/h3-8H,9H2,1-2H3. The molecule has 0 N–H and O–H groups in total. The number of benzene rings is 2. The number of carbonyl (C=O) groups is 1. The summed E-state index contributed by atoms with van der Waals surface area (Å²) in [6.07, 6.45) is 0. The first-order valence-electron chi connectivity index (χ1n) is 6.15. The molecule has 0 spiro atoms. The Kier molecular flexibility index (Phi) is 4.55. The Morgan fingerprint density at radius 2 is 1.90 bits per heavy atom. The normalized spacial score (nSPS) is 10.4. The van der Waals surface area contributed by atoms with Crippen molar-refractivity contribution in [3.63, 3.8) is 0 Å². The molecule has 0 unspecified atom stereocenters. The first-order valence-corrected chi connectivity index (χ1v) is 6.95. The second kappa shape index (κ2) is 6.18. The molecule has 0 amide bonds.